The third kappa shape index (κ3) is 3.98. The summed E-state index contributed by atoms with van der Waals surface area (Å²) in [5, 5.41) is 2.69. The highest BCUT2D eigenvalue weighted by molar-refractivity contribution is 7.89. The summed E-state index contributed by atoms with van der Waals surface area (Å²) in [4.78, 5) is 12.4. The van der Waals surface area contributed by atoms with E-state index in [4.69, 9.17) is 0 Å². The van der Waals surface area contributed by atoms with Gasteiger partial charge in [-0.3, -0.25) is 4.79 Å². The minimum absolute atomic E-state index is 0.0990. The third-order valence-electron chi connectivity index (χ3n) is 3.58. The second-order valence-corrected chi connectivity index (χ2v) is 7.70. The summed E-state index contributed by atoms with van der Waals surface area (Å²) < 4.78 is 38.6. The maximum atomic E-state index is 12.9. The first-order valence-corrected chi connectivity index (χ1v) is 8.71. The lowest BCUT2D eigenvalue weighted by Gasteiger charge is -2.14. The first kappa shape index (κ1) is 18.1. The second kappa shape index (κ2) is 7.11. The highest BCUT2D eigenvalue weighted by Crippen LogP contribution is 2.20. The molecule has 0 spiro atoms. The predicted molar refractivity (Wildman–Crippen MR) is 89.6 cm³/mol. The zero-order valence-corrected chi connectivity index (χ0v) is 14.5. The maximum Gasteiger partial charge on any atom is 0.251 e. The van der Waals surface area contributed by atoms with Gasteiger partial charge < -0.3 is 5.32 Å². The van der Waals surface area contributed by atoms with Crippen molar-refractivity contribution in [2.45, 2.75) is 18.4 Å². The molecule has 7 heteroatoms. The van der Waals surface area contributed by atoms with Crippen molar-refractivity contribution in [2.75, 3.05) is 14.1 Å². The number of aryl methyl sites for hydroxylation is 1. The first-order chi connectivity index (χ1) is 11.2. The monoisotopic (exact) mass is 350 g/mol. The molecule has 2 aromatic carbocycles. The standard InChI is InChI=1S/C17H19FN2O3S/c1-12-4-7-14(10-16(12)24(22,23)20(2)3)17(21)19-11-13-5-8-15(18)9-6-13/h4-10H,11H2,1-3H3,(H,19,21). The first-order valence-electron chi connectivity index (χ1n) is 7.27. The van der Waals surface area contributed by atoms with Gasteiger partial charge in [-0.25, -0.2) is 17.1 Å². The molecule has 0 aliphatic rings. The Hall–Kier alpha value is -2.25. The van der Waals surface area contributed by atoms with Crippen molar-refractivity contribution in [1.29, 1.82) is 0 Å². The summed E-state index contributed by atoms with van der Waals surface area (Å²) in [6, 6.07) is 10.3. The number of carbonyl (C=O) groups is 1. The van der Waals surface area contributed by atoms with Crippen LogP contribution in [-0.2, 0) is 16.6 Å². The van der Waals surface area contributed by atoms with Crippen LogP contribution in [0.25, 0.3) is 0 Å². The number of halogens is 1. The zero-order chi connectivity index (χ0) is 17.9. The number of hydrogen-bond acceptors (Lipinski definition) is 3. The Morgan fingerprint density at radius 3 is 2.33 bits per heavy atom. The van der Waals surface area contributed by atoms with Crippen LogP contribution in [0.5, 0.6) is 0 Å². The van der Waals surface area contributed by atoms with Crippen LogP contribution in [0.3, 0.4) is 0 Å². The Bertz CT molecular complexity index is 847. The van der Waals surface area contributed by atoms with E-state index in [0.717, 1.165) is 9.87 Å². The van der Waals surface area contributed by atoms with Gasteiger partial charge in [-0.05, 0) is 42.3 Å². The van der Waals surface area contributed by atoms with Crippen molar-refractivity contribution in [3.8, 4) is 0 Å². The van der Waals surface area contributed by atoms with E-state index < -0.39 is 15.9 Å². The average molecular weight is 350 g/mol. The Morgan fingerprint density at radius 2 is 1.75 bits per heavy atom. The lowest BCUT2D eigenvalue weighted by atomic mass is 10.1. The van der Waals surface area contributed by atoms with Crippen LogP contribution in [0.15, 0.2) is 47.4 Å². The highest BCUT2D eigenvalue weighted by atomic mass is 32.2. The van der Waals surface area contributed by atoms with E-state index in [0.29, 0.717) is 5.56 Å². The Balaban J connectivity index is 2.20. The molecular weight excluding hydrogens is 331 g/mol. The Labute approximate surface area is 141 Å². The molecule has 0 heterocycles. The van der Waals surface area contributed by atoms with Gasteiger partial charge in [0.1, 0.15) is 5.82 Å². The van der Waals surface area contributed by atoms with Gasteiger partial charge >= 0.3 is 0 Å². The molecule has 0 bridgehead atoms. The van der Waals surface area contributed by atoms with E-state index in [9.17, 15) is 17.6 Å². The van der Waals surface area contributed by atoms with Crippen molar-refractivity contribution in [1.82, 2.24) is 9.62 Å². The molecule has 2 aromatic rings. The van der Waals surface area contributed by atoms with Gasteiger partial charge in [0, 0.05) is 26.2 Å². The summed E-state index contributed by atoms with van der Waals surface area (Å²) >= 11 is 0. The molecule has 2 rings (SSSR count). The number of benzene rings is 2. The van der Waals surface area contributed by atoms with Crippen molar-refractivity contribution in [3.63, 3.8) is 0 Å². The molecule has 128 valence electrons. The maximum absolute atomic E-state index is 12.9. The lowest BCUT2D eigenvalue weighted by molar-refractivity contribution is 0.0950. The van der Waals surface area contributed by atoms with Crippen molar-refractivity contribution < 1.29 is 17.6 Å². The van der Waals surface area contributed by atoms with Gasteiger partial charge in [0.15, 0.2) is 0 Å². The second-order valence-electron chi connectivity index (χ2n) is 5.58. The smallest absolute Gasteiger partial charge is 0.251 e. The molecule has 0 aliphatic heterocycles. The fourth-order valence-electron chi connectivity index (χ4n) is 2.10. The van der Waals surface area contributed by atoms with Crippen LogP contribution in [0.4, 0.5) is 4.39 Å². The van der Waals surface area contributed by atoms with Crippen LogP contribution < -0.4 is 5.32 Å². The van der Waals surface area contributed by atoms with Gasteiger partial charge in [0.05, 0.1) is 4.90 Å². The minimum atomic E-state index is -3.62. The van der Waals surface area contributed by atoms with E-state index in [2.05, 4.69) is 5.32 Å². The van der Waals surface area contributed by atoms with Gasteiger partial charge in [0.2, 0.25) is 10.0 Å². The largest absolute Gasteiger partial charge is 0.348 e. The molecule has 0 saturated carbocycles. The van der Waals surface area contributed by atoms with E-state index in [1.807, 2.05) is 0 Å². The number of rotatable bonds is 5. The molecule has 1 N–H and O–H groups in total. The third-order valence-corrected chi connectivity index (χ3v) is 5.53. The summed E-state index contributed by atoms with van der Waals surface area (Å²) in [5.41, 5.74) is 1.57. The van der Waals surface area contributed by atoms with E-state index >= 15 is 0 Å². The molecule has 5 nitrogen and oxygen atoms in total. The number of sulfonamides is 1. The van der Waals surface area contributed by atoms with Gasteiger partial charge in [-0.15, -0.1) is 0 Å². The molecule has 0 unspecified atom stereocenters. The molecule has 0 aliphatic carbocycles. The number of amides is 1. The van der Waals surface area contributed by atoms with Gasteiger partial charge in [-0.2, -0.15) is 0 Å². The topological polar surface area (TPSA) is 66.5 Å². The number of carbonyl (C=O) groups excluding carboxylic acids is 1. The van der Waals surface area contributed by atoms with Crippen LogP contribution in [-0.4, -0.2) is 32.7 Å². The normalized spacial score (nSPS) is 11.5. The number of hydrogen-bond donors (Lipinski definition) is 1. The van der Waals surface area contributed by atoms with Crippen molar-refractivity contribution >= 4 is 15.9 Å². The summed E-state index contributed by atoms with van der Waals surface area (Å²) in [6.07, 6.45) is 0. The minimum Gasteiger partial charge on any atom is -0.348 e. The van der Waals surface area contributed by atoms with E-state index in [-0.39, 0.29) is 22.8 Å². The highest BCUT2D eigenvalue weighted by Gasteiger charge is 2.21. The van der Waals surface area contributed by atoms with Crippen LogP contribution in [0.1, 0.15) is 21.5 Å². The van der Waals surface area contributed by atoms with Crippen LogP contribution in [0.2, 0.25) is 0 Å². The fourth-order valence-corrected chi connectivity index (χ4v) is 3.25. The van der Waals surface area contributed by atoms with Crippen LogP contribution in [0, 0.1) is 12.7 Å². The number of nitrogens with zero attached hydrogens (tertiary/aromatic N) is 1. The fraction of sp³-hybridized carbons (Fsp3) is 0.235. The molecular formula is C17H19FN2O3S. The molecule has 24 heavy (non-hydrogen) atoms. The predicted octanol–water partition coefficient (Wildman–Crippen LogP) is 2.31. The molecule has 1 amide bonds. The van der Waals surface area contributed by atoms with Crippen molar-refractivity contribution in [2.24, 2.45) is 0 Å². The van der Waals surface area contributed by atoms with Gasteiger partial charge in [0.25, 0.3) is 5.91 Å². The van der Waals surface area contributed by atoms with E-state index in [1.54, 1.807) is 31.2 Å². The summed E-state index contributed by atoms with van der Waals surface area (Å²) in [7, 11) is -0.743. The molecule has 0 radical (unpaired) electrons. The average Bonchev–Trinajstić information content (AvgIpc) is 2.54. The Kier molecular flexibility index (Phi) is 5.36. The van der Waals surface area contributed by atoms with Crippen molar-refractivity contribution in [3.05, 3.63) is 65.0 Å². The lowest BCUT2D eigenvalue weighted by Crippen LogP contribution is -2.25. The number of nitrogens with one attached hydrogen (secondary N) is 1. The molecule has 0 fully saturated rings. The molecule has 0 aromatic heterocycles. The van der Waals surface area contributed by atoms with Crippen LogP contribution >= 0.6 is 0 Å². The van der Waals surface area contributed by atoms with E-state index in [1.165, 1.54) is 32.3 Å². The molecule has 0 atom stereocenters. The molecule has 0 saturated heterocycles. The Morgan fingerprint density at radius 1 is 1.12 bits per heavy atom. The summed E-state index contributed by atoms with van der Waals surface area (Å²) in [5.74, 6) is -0.739. The zero-order valence-electron chi connectivity index (χ0n) is 13.7. The van der Waals surface area contributed by atoms with Gasteiger partial charge in [-0.1, -0.05) is 18.2 Å². The SMILES string of the molecule is Cc1ccc(C(=O)NCc2ccc(F)cc2)cc1S(=O)(=O)N(C)C. The summed E-state index contributed by atoms with van der Waals surface area (Å²) in [6.45, 7) is 1.90. The quantitative estimate of drug-likeness (QED) is 0.900.